The smallest absolute Gasteiger partial charge is 0.336 e. The van der Waals surface area contributed by atoms with E-state index in [0.717, 1.165) is 23.9 Å². The summed E-state index contributed by atoms with van der Waals surface area (Å²) in [6.07, 6.45) is 4.22. The number of carbonyl (C=O) groups is 1. The van der Waals surface area contributed by atoms with Crippen LogP contribution in [0.5, 0.6) is 0 Å². The maximum Gasteiger partial charge on any atom is 0.336 e. The number of aromatic carboxylic acids is 1. The van der Waals surface area contributed by atoms with Crippen LogP contribution >= 0.6 is 0 Å². The highest BCUT2D eigenvalue weighted by atomic mass is 16.4. The van der Waals surface area contributed by atoms with Crippen molar-refractivity contribution in [3.63, 3.8) is 0 Å². The van der Waals surface area contributed by atoms with Crippen molar-refractivity contribution in [3.05, 3.63) is 35.0 Å². The molecule has 1 aromatic heterocycles. The Morgan fingerprint density at radius 1 is 1.41 bits per heavy atom. The van der Waals surface area contributed by atoms with Crippen molar-refractivity contribution >= 4 is 16.9 Å². The minimum absolute atomic E-state index is 0.391. The quantitative estimate of drug-likeness (QED) is 0.881. The molecule has 0 amide bonds. The molecule has 1 N–H and O–H groups in total. The third kappa shape index (κ3) is 1.93. The van der Waals surface area contributed by atoms with E-state index >= 15 is 0 Å². The lowest BCUT2D eigenvalue weighted by Crippen LogP contribution is -2.00. The number of aryl methyl sites for hydroxylation is 3. The first-order valence-corrected chi connectivity index (χ1v) is 5.86. The number of rotatable bonds is 3. The number of carboxylic acid groups (broad SMARTS) is 1. The predicted molar refractivity (Wildman–Crippen MR) is 68.6 cm³/mol. The van der Waals surface area contributed by atoms with E-state index in [4.69, 9.17) is 5.11 Å². The molecule has 1 heterocycles. The molecule has 0 saturated carbocycles. The van der Waals surface area contributed by atoms with Crippen LogP contribution in [-0.4, -0.2) is 15.6 Å². The van der Waals surface area contributed by atoms with Crippen molar-refractivity contribution in [1.82, 2.24) is 4.57 Å². The molecular weight excluding hydrogens is 214 g/mol. The Balaban J connectivity index is 2.71. The molecule has 3 nitrogen and oxygen atoms in total. The summed E-state index contributed by atoms with van der Waals surface area (Å²) < 4.78 is 2.01. The number of hydrogen-bond acceptors (Lipinski definition) is 1. The fourth-order valence-corrected chi connectivity index (χ4v) is 2.32. The highest BCUT2D eigenvalue weighted by Gasteiger charge is 2.12. The van der Waals surface area contributed by atoms with Crippen LogP contribution in [0, 0.1) is 6.92 Å². The van der Waals surface area contributed by atoms with Gasteiger partial charge in [-0.2, -0.15) is 0 Å². The first kappa shape index (κ1) is 11.7. The summed E-state index contributed by atoms with van der Waals surface area (Å²) in [4.78, 5) is 11.1. The fraction of sp³-hybridized carbons (Fsp3) is 0.357. The van der Waals surface area contributed by atoms with Gasteiger partial charge in [-0.1, -0.05) is 13.3 Å². The van der Waals surface area contributed by atoms with Gasteiger partial charge >= 0.3 is 5.97 Å². The van der Waals surface area contributed by atoms with Gasteiger partial charge in [0.05, 0.1) is 5.56 Å². The lowest BCUT2D eigenvalue weighted by atomic mass is 10.0. The van der Waals surface area contributed by atoms with Crippen LogP contribution in [-0.2, 0) is 13.5 Å². The second-order valence-corrected chi connectivity index (χ2v) is 4.50. The Morgan fingerprint density at radius 2 is 2.12 bits per heavy atom. The average molecular weight is 231 g/mol. The maximum absolute atomic E-state index is 11.1. The monoisotopic (exact) mass is 231 g/mol. The van der Waals surface area contributed by atoms with Crippen LogP contribution in [0.3, 0.4) is 0 Å². The van der Waals surface area contributed by atoms with Crippen molar-refractivity contribution in [2.75, 3.05) is 0 Å². The molecule has 0 bridgehead atoms. The van der Waals surface area contributed by atoms with Gasteiger partial charge in [0.25, 0.3) is 0 Å². The molecule has 0 aliphatic heterocycles. The molecule has 0 radical (unpaired) electrons. The number of benzene rings is 1. The normalized spacial score (nSPS) is 11.0. The van der Waals surface area contributed by atoms with Gasteiger partial charge in [0.2, 0.25) is 0 Å². The molecule has 90 valence electrons. The number of fused-ring (bicyclic) bond motifs is 1. The minimum Gasteiger partial charge on any atom is -0.478 e. The molecule has 0 aliphatic carbocycles. The zero-order valence-electron chi connectivity index (χ0n) is 10.4. The molecule has 2 aromatic rings. The van der Waals surface area contributed by atoms with E-state index < -0.39 is 5.97 Å². The molecule has 0 saturated heterocycles. The first-order valence-electron chi connectivity index (χ1n) is 5.86. The molecule has 0 fully saturated rings. The summed E-state index contributed by atoms with van der Waals surface area (Å²) in [5.41, 5.74) is 3.51. The minimum atomic E-state index is -0.859. The van der Waals surface area contributed by atoms with E-state index in [1.54, 1.807) is 6.07 Å². The van der Waals surface area contributed by atoms with Gasteiger partial charge in [-0.3, -0.25) is 0 Å². The van der Waals surface area contributed by atoms with Gasteiger partial charge in [0, 0.05) is 24.1 Å². The number of nitrogens with zero attached hydrogens (tertiary/aromatic N) is 1. The summed E-state index contributed by atoms with van der Waals surface area (Å²) >= 11 is 0. The SMILES string of the molecule is CCCc1cn(C)c2cc(C(=O)O)c(C)cc12. The highest BCUT2D eigenvalue weighted by Crippen LogP contribution is 2.25. The number of carboxylic acids is 1. The Kier molecular flexibility index (Phi) is 2.92. The molecule has 17 heavy (non-hydrogen) atoms. The summed E-state index contributed by atoms with van der Waals surface area (Å²) in [6, 6.07) is 3.76. The van der Waals surface area contributed by atoms with Crippen molar-refractivity contribution in [3.8, 4) is 0 Å². The summed E-state index contributed by atoms with van der Waals surface area (Å²) in [5.74, 6) is -0.859. The van der Waals surface area contributed by atoms with Gasteiger partial charge < -0.3 is 9.67 Å². The summed E-state index contributed by atoms with van der Waals surface area (Å²) in [5, 5.41) is 10.3. The molecular formula is C14H17NO2. The van der Waals surface area contributed by atoms with E-state index in [9.17, 15) is 4.79 Å². The predicted octanol–water partition coefficient (Wildman–Crippen LogP) is 3.14. The molecule has 3 heteroatoms. The molecule has 1 aromatic carbocycles. The van der Waals surface area contributed by atoms with Crippen molar-refractivity contribution < 1.29 is 9.90 Å². The van der Waals surface area contributed by atoms with Crippen LogP contribution in [0.2, 0.25) is 0 Å². The Morgan fingerprint density at radius 3 is 2.71 bits per heavy atom. The third-order valence-electron chi connectivity index (χ3n) is 3.17. The van der Waals surface area contributed by atoms with Crippen LogP contribution < -0.4 is 0 Å². The van der Waals surface area contributed by atoms with Crippen molar-refractivity contribution in [1.29, 1.82) is 0 Å². The molecule has 0 unspecified atom stereocenters. The second kappa shape index (κ2) is 4.24. The molecule has 0 spiro atoms. The van der Waals surface area contributed by atoms with Gasteiger partial charge in [-0.15, -0.1) is 0 Å². The van der Waals surface area contributed by atoms with E-state index in [2.05, 4.69) is 13.1 Å². The Bertz CT molecular complexity index is 581. The summed E-state index contributed by atoms with van der Waals surface area (Å²) in [7, 11) is 1.96. The highest BCUT2D eigenvalue weighted by molar-refractivity contribution is 5.96. The zero-order chi connectivity index (χ0) is 12.6. The second-order valence-electron chi connectivity index (χ2n) is 4.50. The Labute approximate surface area is 101 Å². The third-order valence-corrected chi connectivity index (χ3v) is 3.17. The number of aromatic nitrogens is 1. The largest absolute Gasteiger partial charge is 0.478 e. The van der Waals surface area contributed by atoms with Gasteiger partial charge in [-0.05, 0) is 36.6 Å². The van der Waals surface area contributed by atoms with Crippen LogP contribution in [0.15, 0.2) is 18.3 Å². The lowest BCUT2D eigenvalue weighted by Gasteiger charge is -2.03. The van der Waals surface area contributed by atoms with Crippen LogP contribution in [0.25, 0.3) is 10.9 Å². The van der Waals surface area contributed by atoms with E-state index in [1.165, 1.54) is 10.9 Å². The van der Waals surface area contributed by atoms with Crippen LogP contribution in [0.4, 0.5) is 0 Å². The number of hydrogen-bond donors (Lipinski definition) is 1. The fourth-order valence-electron chi connectivity index (χ4n) is 2.32. The van der Waals surface area contributed by atoms with Crippen molar-refractivity contribution in [2.24, 2.45) is 7.05 Å². The lowest BCUT2D eigenvalue weighted by molar-refractivity contribution is 0.0696. The van der Waals surface area contributed by atoms with E-state index in [0.29, 0.717) is 5.56 Å². The molecule has 0 atom stereocenters. The molecule has 2 rings (SSSR count). The van der Waals surface area contributed by atoms with E-state index in [-0.39, 0.29) is 0 Å². The Hall–Kier alpha value is -1.77. The zero-order valence-corrected chi connectivity index (χ0v) is 10.4. The van der Waals surface area contributed by atoms with E-state index in [1.807, 2.05) is 24.6 Å². The molecule has 0 aliphatic rings. The first-order chi connectivity index (χ1) is 8.04. The van der Waals surface area contributed by atoms with Crippen molar-refractivity contribution in [2.45, 2.75) is 26.7 Å². The summed E-state index contributed by atoms with van der Waals surface area (Å²) in [6.45, 7) is 4.00. The van der Waals surface area contributed by atoms with Crippen LogP contribution in [0.1, 0.15) is 34.8 Å². The standard InChI is InChI=1S/C14H17NO2/c1-4-5-10-8-15(3)13-7-11(14(16)17)9(2)6-12(10)13/h6-8H,4-5H2,1-3H3,(H,16,17). The maximum atomic E-state index is 11.1. The van der Waals surface area contributed by atoms with Gasteiger partial charge in [0.15, 0.2) is 0 Å². The van der Waals surface area contributed by atoms with Gasteiger partial charge in [0.1, 0.15) is 0 Å². The average Bonchev–Trinajstić information content (AvgIpc) is 2.55. The topological polar surface area (TPSA) is 42.2 Å². The van der Waals surface area contributed by atoms with Gasteiger partial charge in [-0.25, -0.2) is 4.79 Å².